The third-order valence-electron chi connectivity index (χ3n) is 3.79. The van der Waals surface area contributed by atoms with Gasteiger partial charge in [0.05, 0.1) is 7.11 Å². The third-order valence-corrected chi connectivity index (χ3v) is 3.79. The topological polar surface area (TPSA) is 38.5 Å². The predicted octanol–water partition coefficient (Wildman–Crippen LogP) is 2.51. The molecule has 0 amide bonds. The average Bonchev–Trinajstić information content (AvgIpc) is 2.34. The molecule has 1 aromatic carbocycles. The largest absolute Gasteiger partial charge is 0.496 e. The minimum atomic E-state index is 0.347. The molecule has 102 valence electrons. The van der Waals surface area contributed by atoms with Gasteiger partial charge in [-0.25, -0.2) is 0 Å². The molecular formula is C15H26N2O. The quantitative estimate of drug-likeness (QED) is 0.872. The molecule has 2 atom stereocenters. The summed E-state index contributed by atoms with van der Waals surface area (Å²) in [6.45, 7) is 7.15. The SMILES string of the molecule is COc1ccc(C(C(C)CN)N(C)C)c(C)c1C. The molecule has 0 saturated heterocycles. The molecular weight excluding hydrogens is 224 g/mol. The summed E-state index contributed by atoms with van der Waals surface area (Å²) in [5.41, 5.74) is 9.70. The lowest BCUT2D eigenvalue weighted by Gasteiger charge is -2.31. The van der Waals surface area contributed by atoms with E-state index in [1.54, 1.807) is 7.11 Å². The van der Waals surface area contributed by atoms with Gasteiger partial charge < -0.3 is 15.4 Å². The van der Waals surface area contributed by atoms with Crippen LogP contribution in [0, 0.1) is 19.8 Å². The van der Waals surface area contributed by atoms with Crippen molar-refractivity contribution in [3.63, 3.8) is 0 Å². The molecule has 3 heteroatoms. The lowest BCUT2D eigenvalue weighted by atomic mass is 9.88. The summed E-state index contributed by atoms with van der Waals surface area (Å²) < 4.78 is 5.37. The fourth-order valence-corrected chi connectivity index (χ4v) is 2.58. The number of nitrogens with zero attached hydrogens (tertiary/aromatic N) is 1. The number of methoxy groups -OCH3 is 1. The first-order chi connectivity index (χ1) is 8.43. The van der Waals surface area contributed by atoms with Crippen LogP contribution in [0.1, 0.15) is 29.7 Å². The number of nitrogens with two attached hydrogens (primary N) is 1. The highest BCUT2D eigenvalue weighted by molar-refractivity contribution is 5.45. The van der Waals surface area contributed by atoms with Gasteiger partial charge in [-0.3, -0.25) is 0 Å². The van der Waals surface area contributed by atoms with E-state index in [0.29, 0.717) is 18.5 Å². The average molecular weight is 250 g/mol. The summed E-state index contributed by atoms with van der Waals surface area (Å²) in [6.07, 6.45) is 0. The van der Waals surface area contributed by atoms with Crippen LogP contribution in [0.25, 0.3) is 0 Å². The molecule has 0 aliphatic rings. The predicted molar refractivity (Wildman–Crippen MR) is 77.1 cm³/mol. The van der Waals surface area contributed by atoms with Gasteiger partial charge in [-0.1, -0.05) is 13.0 Å². The van der Waals surface area contributed by atoms with E-state index in [1.807, 2.05) is 0 Å². The molecule has 18 heavy (non-hydrogen) atoms. The Kier molecular flexibility index (Phi) is 5.17. The van der Waals surface area contributed by atoms with E-state index in [4.69, 9.17) is 10.5 Å². The Bertz CT molecular complexity index is 402. The van der Waals surface area contributed by atoms with E-state index >= 15 is 0 Å². The van der Waals surface area contributed by atoms with Crippen LogP contribution in [-0.4, -0.2) is 32.6 Å². The zero-order valence-electron chi connectivity index (χ0n) is 12.4. The number of hydrogen-bond acceptors (Lipinski definition) is 3. The van der Waals surface area contributed by atoms with E-state index in [0.717, 1.165) is 5.75 Å². The standard InChI is InChI=1S/C15H26N2O/c1-10(9-16)15(17(4)5)13-7-8-14(18-6)12(3)11(13)2/h7-8,10,15H,9,16H2,1-6H3. The van der Waals surface area contributed by atoms with Crippen LogP contribution in [0.2, 0.25) is 0 Å². The van der Waals surface area contributed by atoms with Crippen LogP contribution in [0.4, 0.5) is 0 Å². The number of ether oxygens (including phenoxy) is 1. The van der Waals surface area contributed by atoms with E-state index in [2.05, 4.69) is 51.9 Å². The maximum Gasteiger partial charge on any atom is 0.122 e. The van der Waals surface area contributed by atoms with E-state index < -0.39 is 0 Å². The number of benzene rings is 1. The van der Waals surface area contributed by atoms with Crippen molar-refractivity contribution in [1.82, 2.24) is 4.90 Å². The maximum absolute atomic E-state index is 5.84. The van der Waals surface area contributed by atoms with Crippen molar-refractivity contribution in [2.24, 2.45) is 11.7 Å². The zero-order chi connectivity index (χ0) is 13.9. The smallest absolute Gasteiger partial charge is 0.122 e. The van der Waals surface area contributed by atoms with E-state index in [1.165, 1.54) is 16.7 Å². The van der Waals surface area contributed by atoms with Crippen LogP contribution in [-0.2, 0) is 0 Å². The third kappa shape index (κ3) is 2.85. The molecule has 1 aromatic rings. The van der Waals surface area contributed by atoms with Gasteiger partial charge in [0.25, 0.3) is 0 Å². The fraction of sp³-hybridized carbons (Fsp3) is 0.600. The molecule has 0 spiro atoms. The second-order valence-electron chi connectivity index (χ2n) is 5.23. The van der Waals surface area contributed by atoms with Crippen LogP contribution in [0.15, 0.2) is 12.1 Å². The fourth-order valence-electron chi connectivity index (χ4n) is 2.58. The highest BCUT2D eigenvalue weighted by atomic mass is 16.5. The Morgan fingerprint density at radius 2 is 1.83 bits per heavy atom. The van der Waals surface area contributed by atoms with E-state index in [-0.39, 0.29) is 0 Å². The van der Waals surface area contributed by atoms with Crippen molar-refractivity contribution >= 4 is 0 Å². The number of hydrogen-bond donors (Lipinski definition) is 1. The summed E-state index contributed by atoms with van der Waals surface area (Å²) in [7, 11) is 5.93. The van der Waals surface area contributed by atoms with Gasteiger partial charge >= 0.3 is 0 Å². The molecule has 0 aromatic heterocycles. The summed E-state index contributed by atoms with van der Waals surface area (Å²) in [4.78, 5) is 2.24. The van der Waals surface area contributed by atoms with Gasteiger partial charge in [-0.2, -0.15) is 0 Å². The van der Waals surface area contributed by atoms with Crippen LogP contribution >= 0.6 is 0 Å². The molecule has 3 nitrogen and oxygen atoms in total. The highest BCUT2D eigenvalue weighted by Crippen LogP contribution is 2.33. The summed E-state index contributed by atoms with van der Waals surface area (Å²) in [5, 5.41) is 0. The second kappa shape index (κ2) is 6.21. The van der Waals surface area contributed by atoms with Crippen molar-refractivity contribution in [2.75, 3.05) is 27.7 Å². The van der Waals surface area contributed by atoms with Gasteiger partial charge in [0.1, 0.15) is 5.75 Å². The van der Waals surface area contributed by atoms with Gasteiger partial charge in [-0.05, 0) is 63.2 Å². The first-order valence-electron chi connectivity index (χ1n) is 6.44. The minimum absolute atomic E-state index is 0.347. The Labute approximate surface area is 111 Å². The van der Waals surface area contributed by atoms with Gasteiger partial charge in [0, 0.05) is 6.04 Å². The summed E-state index contributed by atoms with van der Waals surface area (Å²) in [6, 6.07) is 4.56. The van der Waals surface area contributed by atoms with Gasteiger partial charge in [-0.15, -0.1) is 0 Å². The first-order valence-corrected chi connectivity index (χ1v) is 6.44. The van der Waals surface area contributed by atoms with Crippen LogP contribution < -0.4 is 10.5 Å². The highest BCUT2D eigenvalue weighted by Gasteiger charge is 2.23. The summed E-state index contributed by atoms with van der Waals surface area (Å²) in [5.74, 6) is 1.38. The molecule has 0 heterocycles. The Morgan fingerprint density at radius 3 is 2.28 bits per heavy atom. The van der Waals surface area contributed by atoms with Crippen molar-refractivity contribution in [3.05, 3.63) is 28.8 Å². The van der Waals surface area contributed by atoms with Crippen molar-refractivity contribution < 1.29 is 4.74 Å². The first kappa shape index (κ1) is 15.0. The van der Waals surface area contributed by atoms with Crippen LogP contribution in [0.3, 0.4) is 0 Å². The van der Waals surface area contributed by atoms with Crippen LogP contribution in [0.5, 0.6) is 5.75 Å². The molecule has 1 rings (SSSR count). The second-order valence-corrected chi connectivity index (χ2v) is 5.23. The number of rotatable bonds is 5. The van der Waals surface area contributed by atoms with Gasteiger partial charge in [0.15, 0.2) is 0 Å². The Balaban J connectivity index is 3.26. The zero-order valence-corrected chi connectivity index (χ0v) is 12.4. The monoisotopic (exact) mass is 250 g/mol. The summed E-state index contributed by atoms with van der Waals surface area (Å²) >= 11 is 0. The molecule has 0 aliphatic heterocycles. The normalized spacial score (nSPS) is 14.7. The van der Waals surface area contributed by atoms with E-state index in [9.17, 15) is 0 Å². The molecule has 0 radical (unpaired) electrons. The lowest BCUT2D eigenvalue weighted by molar-refractivity contribution is 0.226. The lowest BCUT2D eigenvalue weighted by Crippen LogP contribution is -2.31. The molecule has 0 saturated carbocycles. The van der Waals surface area contributed by atoms with Gasteiger partial charge in [0.2, 0.25) is 0 Å². The van der Waals surface area contributed by atoms with Crippen molar-refractivity contribution in [1.29, 1.82) is 0 Å². The van der Waals surface area contributed by atoms with Crippen molar-refractivity contribution in [3.8, 4) is 5.75 Å². The molecule has 2 unspecified atom stereocenters. The minimum Gasteiger partial charge on any atom is -0.496 e. The molecule has 2 N–H and O–H groups in total. The Morgan fingerprint density at radius 1 is 1.22 bits per heavy atom. The molecule has 0 bridgehead atoms. The van der Waals surface area contributed by atoms with Crippen molar-refractivity contribution in [2.45, 2.75) is 26.8 Å². The Hall–Kier alpha value is -1.06. The molecule has 0 fully saturated rings. The molecule has 0 aliphatic carbocycles. The maximum atomic E-state index is 5.84.